The standard InChI is InChI=1S/C15H20O5/c1-3-20-14(19)15(13(17)18,9-11(2)10-16)12-7-5-4-6-8-12/h4-8,11,16H,3,9-10H2,1-2H3,(H,17,18). The van der Waals surface area contributed by atoms with Crippen molar-refractivity contribution in [1.82, 2.24) is 0 Å². The summed E-state index contributed by atoms with van der Waals surface area (Å²) in [5.41, 5.74) is -1.41. The minimum atomic E-state index is -1.78. The maximum atomic E-state index is 12.3. The Balaban J connectivity index is 3.34. The third kappa shape index (κ3) is 3.17. The van der Waals surface area contributed by atoms with Gasteiger partial charge in [-0.1, -0.05) is 37.3 Å². The van der Waals surface area contributed by atoms with Crippen molar-refractivity contribution in [2.45, 2.75) is 25.7 Å². The summed E-state index contributed by atoms with van der Waals surface area (Å²) in [6.45, 7) is 3.24. The predicted octanol–water partition coefficient (Wildman–Crippen LogP) is 1.59. The van der Waals surface area contributed by atoms with E-state index in [1.807, 2.05) is 0 Å². The van der Waals surface area contributed by atoms with E-state index < -0.39 is 17.4 Å². The Labute approximate surface area is 118 Å². The number of ether oxygens (including phenoxy) is 1. The first-order valence-corrected chi connectivity index (χ1v) is 6.56. The largest absolute Gasteiger partial charge is 0.480 e. The number of benzene rings is 1. The first kappa shape index (κ1) is 16.2. The second kappa shape index (κ2) is 7.05. The molecule has 1 aromatic carbocycles. The zero-order valence-corrected chi connectivity index (χ0v) is 11.7. The van der Waals surface area contributed by atoms with Crippen LogP contribution in [0.5, 0.6) is 0 Å². The average molecular weight is 280 g/mol. The Bertz CT molecular complexity index is 457. The van der Waals surface area contributed by atoms with E-state index in [0.717, 1.165) is 0 Å². The molecule has 0 saturated heterocycles. The minimum Gasteiger partial charge on any atom is -0.480 e. The lowest BCUT2D eigenvalue weighted by atomic mass is 9.74. The van der Waals surface area contributed by atoms with Gasteiger partial charge in [0, 0.05) is 6.61 Å². The molecule has 2 atom stereocenters. The van der Waals surface area contributed by atoms with Crippen molar-refractivity contribution in [3.8, 4) is 0 Å². The monoisotopic (exact) mass is 280 g/mol. The Hall–Kier alpha value is -1.88. The van der Waals surface area contributed by atoms with Crippen LogP contribution in [0.1, 0.15) is 25.8 Å². The van der Waals surface area contributed by atoms with E-state index in [1.165, 1.54) is 0 Å². The van der Waals surface area contributed by atoms with Gasteiger partial charge in [-0.3, -0.25) is 9.59 Å². The van der Waals surface area contributed by atoms with E-state index in [4.69, 9.17) is 4.74 Å². The molecule has 0 aromatic heterocycles. The molecule has 2 N–H and O–H groups in total. The predicted molar refractivity (Wildman–Crippen MR) is 73.3 cm³/mol. The number of carbonyl (C=O) groups excluding carboxylic acids is 1. The number of aliphatic carboxylic acids is 1. The molecule has 2 unspecified atom stereocenters. The molecule has 5 nitrogen and oxygen atoms in total. The summed E-state index contributed by atoms with van der Waals surface area (Å²) in [6.07, 6.45) is -0.0122. The number of aliphatic hydroxyl groups excluding tert-OH is 1. The van der Waals surface area contributed by atoms with Crippen molar-refractivity contribution in [1.29, 1.82) is 0 Å². The zero-order chi connectivity index (χ0) is 15.2. The fourth-order valence-corrected chi connectivity index (χ4v) is 2.18. The average Bonchev–Trinajstić information content (AvgIpc) is 2.45. The van der Waals surface area contributed by atoms with Gasteiger partial charge in [-0.2, -0.15) is 0 Å². The normalized spacial score (nSPS) is 15.2. The summed E-state index contributed by atoms with van der Waals surface area (Å²) in [5, 5.41) is 18.8. The molecule has 5 heteroatoms. The van der Waals surface area contributed by atoms with Gasteiger partial charge in [0.15, 0.2) is 5.41 Å². The molecule has 1 rings (SSSR count). The van der Waals surface area contributed by atoms with E-state index in [2.05, 4.69) is 0 Å². The van der Waals surface area contributed by atoms with Gasteiger partial charge >= 0.3 is 11.9 Å². The molecule has 0 amide bonds. The fourth-order valence-electron chi connectivity index (χ4n) is 2.18. The van der Waals surface area contributed by atoms with Crippen LogP contribution in [0.2, 0.25) is 0 Å². The molecule has 0 spiro atoms. The summed E-state index contributed by atoms with van der Waals surface area (Å²) in [6, 6.07) is 8.28. The molecule has 0 aliphatic carbocycles. The van der Waals surface area contributed by atoms with Crippen LogP contribution in [-0.2, 0) is 19.7 Å². The highest BCUT2D eigenvalue weighted by molar-refractivity contribution is 6.05. The topological polar surface area (TPSA) is 83.8 Å². The maximum absolute atomic E-state index is 12.3. The summed E-state index contributed by atoms with van der Waals surface area (Å²) >= 11 is 0. The van der Waals surface area contributed by atoms with E-state index in [-0.39, 0.29) is 25.6 Å². The van der Waals surface area contributed by atoms with Gasteiger partial charge in [0.05, 0.1) is 6.61 Å². The van der Waals surface area contributed by atoms with Gasteiger partial charge in [0.1, 0.15) is 0 Å². The third-order valence-corrected chi connectivity index (χ3v) is 3.22. The summed E-state index contributed by atoms with van der Waals surface area (Å²) in [4.78, 5) is 24.1. The SMILES string of the molecule is CCOC(=O)C(CC(C)CO)(C(=O)O)c1ccccc1. The number of carbonyl (C=O) groups is 2. The first-order chi connectivity index (χ1) is 9.48. The van der Waals surface area contributed by atoms with E-state index >= 15 is 0 Å². The number of aliphatic hydroxyl groups is 1. The van der Waals surface area contributed by atoms with E-state index in [9.17, 15) is 19.8 Å². The first-order valence-electron chi connectivity index (χ1n) is 6.56. The van der Waals surface area contributed by atoms with Gasteiger partial charge in [0.2, 0.25) is 0 Å². The molecule has 0 fully saturated rings. The van der Waals surface area contributed by atoms with Gasteiger partial charge in [0.25, 0.3) is 0 Å². The van der Waals surface area contributed by atoms with Gasteiger partial charge < -0.3 is 14.9 Å². The molecule has 0 radical (unpaired) electrons. The Morgan fingerprint density at radius 2 is 1.90 bits per heavy atom. The third-order valence-electron chi connectivity index (χ3n) is 3.22. The Morgan fingerprint density at radius 3 is 2.35 bits per heavy atom. The number of carboxylic acid groups (broad SMARTS) is 1. The molecule has 0 bridgehead atoms. The molecule has 110 valence electrons. The van der Waals surface area contributed by atoms with Crippen LogP contribution in [0.25, 0.3) is 0 Å². The van der Waals surface area contributed by atoms with Crippen molar-refractivity contribution in [3.05, 3.63) is 35.9 Å². The molecular weight excluding hydrogens is 260 g/mol. The summed E-state index contributed by atoms with van der Waals surface area (Å²) in [7, 11) is 0. The summed E-state index contributed by atoms with van der Waals surface area (Å²) < 4.78 is 4.97. The van der Waals surface area contributed by atoms with Crippen molar-refractivity contribution >= 4 is 11.9 Å². The van der Waals surface area contributed by atoms with Crippen molar-refractivity contribution in [3.63, 3.8) is 0 Å². The van der Waals surface area contributed by atoms with Crippen molar-refractivity contribution in [2.75, 3.05) is 13.2 Å². The molecule has 0 aliphatic heterocycles. The van der Waals surface area contributed by atoms with E-state index in [1.54, 1.807) is 44.2 Å². The second-order valence-corrected chi connectivity index (χ2v) is 4.79. The highest BCUT2D eigenvalue weighted by Crippen LogP contribution is 2.33. The highest BCUT2D eigenvalue weighted by Gasteiger charge is 2.50. The molecule has 1 aromatic rings. The lowest BCUT2D eigenvalue weighted by molar-refractivity contribution is -0.162. The molecule has 0 saturated carbocycles. The molecule has 0 heterocycles. The van der Waals surface area contributed by atoms with Crippen LogP contribution in [0.15, 0.2) is 30.3 Å². The van der Waals surface area contributed by atoms with Crippen molar-refractivity contribution < 1.29 is 24.5 Å². The number of rotatable bonds is 7. The van der Waals surface area contributed by atoms with Crippen LogP contribution in [-0.4, -0.2) is 35.4 Å². The zero-order valence-electron chi connectivity index (χ0n) is 11.7. The van der Waals surface area contributed by atoms with Crippen LogP contribution in [0, 0.1) is 5.92 Å². The molecule has 0 aliphatic rings. The number of carboxylic acids is 1. The Morgan fingerprint density at radius 1 is 1.30 bits per heavy atom. The Kier molecular flexibility index (Phi) is 5.70. The minimum absolute atomic E-state index is 0.0122. The maximum Gasteiger partial charge on any atom is 0.328 e. The smallest absolute Gasteiger partial charge is 0.328 e. The van der Waals surface area contributed by atoms with Crippen molar-refractivity contribution in [2.24, 2.45) is 5.92 Å². The van der Waals surface area contributed by atoms with Crippen LogP contribution >= 0.6 is 0 Å². The van der Waals surface area contributed by atoms with Crippen LogP contribution < -0.4 is 0 Å². The van der Waals surface area contributed by atoms with Gasteiger partial charge in [-0.05, 0) is 24.8 Å². The van der Waals surface area contributed by atoms with Gasteiger partial charge in [-0.15, -0.1) is 0 Å². The lowest BCUT2D eigenvalue weighted by Crippen LogP contribution is -2.46. The quantitative estimate of drug-likeness (QED) is 0.585. The summed E-state index contributed by atoms with van der Waals surface area (Å²) in [5.74, 6) is -2.39. The molecular formula is C15H20O5. The van der Waals surface area contributed by atoms with E-state index in [0.29, 0.717) is 5.56 Å². The number of hydrogen-bond acceptors (Lipinski definition) is 4. The molecule has 20 heavy (non-hydrogen) atoms. The van der Waals surface area contributed by atoms with Gasteiger partial charge in [-0.25, -0.2) is 0 Å². The lowest BCUT2D eigenvalue weighted by Gasteiger charge is -2.29. The second-order valence-electron chi connectivity index (χ2n) is 4.79. The van der Waals surface area contributed by atoms with Crippen LogP contribution in [0.3, 0.4) is 0 Å². The number of hydrogen-bond donors (Lipinski definition) is 2. The fraction of sp³-hybridized carbons (Fsp3) is 0.467. The number of esters is 1. The highest BCUT2D eigenvalue weighted by atomic mass is 16.5. The van der Waals surface area contributed by atoms with Crippen LogP contribution in [0.4, 0.5) is 0 Å².